The second-order valence-corrected chi connectivity index (χ2v) is 4.28. The summed E-state index contributed by atoms with van der Waals surface area (Å²) in [4.78, 5) is 23.5. The second-order valence-electron chi connectivity index (χ2n) is 3.53. The van der Waals surface area contributed by atoms with E-state index in [0.29, 0.717) is 23.7 Å². The lowest BCUT2D eigenvalue weighted by molar-refractivity contribution is 0.0955. The van der Waals surface area contributed by atoms with Crippen LogP contribution in [0, 0.1) is 6.92 Å². The fraction of sp³-hybridized carbons (Fsp3) is 0.300. The van der Waals surface area contributed by atoms with Crippen molar-refractivity contribution in [2.45, 2.75) is 13.5 Å². The van der Waals surface area contributed by atoms with E-state index >= 15 is 0 Å². The van der Waals surface area contributed by atoms with Gasteiger partial charge in [-0.05, 0) is 24.5 Å². The molecule has 0 saturated heterocycles. The Morgan fingerprint density at radius 3 is 3.06 bits per heavy atom. The maximum absolute atomic E-state index is 11.7. The fourth-order valence-electron chi connectivity index (χ4n) is 1.35. The summed E-state index contributed by atoms with van der Waals surface area (Å²) < 4.78 is 4.98. The Balaban J connectivity index is 1.90. The van der Waals surface area contributed by atoms with Gasteiger partial charge < -0.3 is 5.32 Å². The molecule has 0 aliphatic rings. The minimum Gasteiger partial charge on any atom is -0.349 e. The summed E-state index contributed by atoms with van der Waals surface area (Å²) >= 11 is 1.05. The lowest BCUT2D eigenvalue weighted by Crippen LogP contribution is -2.31. The van der Waals surface area contributed by atoms with Crippen LogP contribution in [0.25, 0.3) is 0 Å². The molecule has 0 fully saturated rings. The van der Waals surface area contributed by atoms with Crippen LogP contribution < -0.4 is 10.9 Å². The zero-order valence-electron chi connectivity index (χ0n) is 9.66. The predicted octanol–water partition coefficient (Wildman–Crippen LogP) is -0.167. The summed E-state index contributed by atoms with van der Waals surface area (Å²) in [5.41, 5.74) is 0.412. The van der Waals surface area contributed by atoms with Crippen molar-refractivity contribution < 1.29 is 4.79 Å². The van der Waals surface area contributed by atoms with Crippen LogP contribution in [0.15, 0.2) is 23.1 Å². The van der Waals surface area contributed by atoms with E-state index in [0.717, 1.165) is 11.5 Å². The first-order valence-electron chi connectivity index (χ1n) is 5.28. The number of amides is 1. The van der Waals surface area contributed by atoms with Crippen molar-refractivity contribution in [3.05, 3.63) is 39.3 Å². The number of nitrogens with zero attached hydrogens (tertiary/aromatic N) is 4. The van der Waals surface area contributed by atoms with E-state index in [4.69, 9.17) is 0 Å². The molecule has 94 valence electrons. The van der Waals surface area contributed by atoms with Gasteiger partial charge in [-0.2, -0.15) is 5.10 Å². The monoisotopic (exact) mass is 265 g/mol. The SMILES string of the molecule is Cc1nnsc1C(=O)NCCn1ncccc1=O. The third-order valence-corrected chi connectivity index (χ3v) is 3.08. The summed E-state index contributed by atoms with van der Waals surface area (Å²) in [6.45, 7) is 2.38. The van der Waals surface area contributed by atoms with Gasteiger partial charge >= 0.3 is 0 Å². The molecule has 0 radical (unpaired) electrons. The number of aryl methyl sites for hydroxylation is 1. The van der Waals surface area contributed by atoms with Crippen LogP contribution in [0.5, 0.6) is 0 Å². The van der Waals surface area contributed by atoms with E-state index in [2.05, 4.69) is 20.0 Å². The molecule has 7 nitrogen and oxygen atoms in total. The van der Waals surface area contributed by atoms with Crippen molar-refractivity contribution in [1.82, 2.24) is 24.7 Å². The third kappa shape index (κ3) is 2.77. The molecule has 2 rings (SSSR count). The molecule has 0 aliphatic carbocycles. The van der Waals surface area contributed by atoms with Gasteiger partial charge in [0.15, 0.2) is 0 Å². The van der Waals surface area contributed by atoms with Gasteiger partial charge in [0.2, 0.25) is 0 Å². The second kappa shape index (κ2) is 5.50. The Labute approximate surface area is 107 Å². The first-order valence-corrected chi connectivity index (χ1v) is 6.05. The zero-order chi connectivity index (χ0) is 13.0. The van der Waals surface area contributed by atoms with Crippen molar-refractivity contribution in [3.63, 3.8) is 0 Å². The largest absolute Gasteiger partial charge is 0.349 e. The molecule has 0 bridgehead atoms. The molecule has 0 aromatic carbocycles. The molecule has 1 amide bonds. The van der Waals surface area contributed by atoms with E-state index in [9.17, 15) is 9.59 Å². The van der Waals surface area contributed by atoms with Crippen molar-refractivity contribution in [1.29, 1.82) is 0 Å². The van der Waals surface area contributed by atoms with E-state index in [-0.39, 0.29) is 11.5 Å². The topological polar surface area (TPSA) is 89.8 Å². The van der Waals surface area contributed by atoms with Gasteiger partial charge in [0.25, 0.3) is 11.5 Å². The normalized spacial score (nSPS) is 10.3. The smallest absolute Gasteiger partial charge is 0.266 e. The Morgan fingerprint density at radius 2 is 2.39 bits per heavy atom. The maximum Gasteiger partial charge on any atom is 0.266 e. The van der Waals surface area contributed by atoms with Gasteiger partial charge in [-0.3, -0.25) is 9.59 Å². The number of hydrogen-bond donors (Lipinski definition) is 1. The average Bonchev–Trinajstić information content (AvgIpc) is 2.78. The zero-order valence-corrected chi connectivity index (χ0v) is 10.5. The van der Waals surface area contributed by atoms with Gasteiger partial charge in [0, 0.05) is 18.8 Å². The van der Waals surface area contributed by atoms with Gasteiger partial charge in [-0.25, -0.2) is 4.68 Å². The predicted molar refractivity (Wildman–Crippen MR) is 65.5 cm³/mol. The lowest BCUT2D eigenvalue weighted by Gasteiger charge is -2.04. The highest BCUT2D eigenvalue weighted by Crippen LogP contribution is 2.07. The number of carbonyl (C=O) groups is 1. The van der Waals surface area contributed by atoms with Gasteiger partial charge in [0.1, 0.15) is 4.88 Å². The minimum absolute atomic E-state index is 0.192. The lowest BCUT2D eigenvalue weighted by atomic mass is 10.4. The van der Waals surface area contributed by atoms with Crippen LogP contribution in [0.2, 0.25) is 0 Å². The van der Waals surface area contributed by atoms with Gasteiger partial charge in [0.05, 0.1) is 12.2 Å². The standard InChI is InChI=1S/C10H11N5O2S/c1-7-9(18-14-13-7)10(17)11-5-6-15-8(16)3-2-4-12-15/h2-4H,5-6H2,1H3,(H,11,17). The highest BCUT2D eigenvalue weighted by molar-refractivity contribution is 7.07. The van der Waals surface area contributed by atoms with Gasteiger partial charge in [-0.1, -0.05) is 4.49 Å². The summed E-state index contributed by atoms with van der Waals surface area (Å²) in [7, 11) is 0. The van der Waals surface area contributed by atoms with E-state index in [1.165, 1.54) is 16.9 Å². The molecule has 2 aromatic rings. The van der Waals surface area contributed by atoms with Crippen LogP contribution in [-0.2, 0) is 6.54 Å². The van der Waals surface area contributed by atoms with Crippen LogP contribution in [0.1, 0.15) is 15.4 Å². The maximum atomic E-state index is 11.7. The summed E-state index contributed by atoms with van der Waals surface area (Å²) in [6, 6.07) is 3.00. The fourth-order valence-corrected chi connectivity index (χ4v) is 1.92. The number of nitrogens with one attached hydrogen (secondary N) is 1. The Bertz CT molecular complexity index is 606. The van der Waals surface area contributed by atoms with Crippen molar-refractivity contribution >= 4 is 17.4 Å². The Kier molecular flexibility index (Phi) is 3.78. The third-order valence-electron chi connectivity index (χ3n) is 2.25. The quantitative estimate of drug-likeness (QED) is 0.829. The first-order chi connectivity index (χ1) is 8.68. The molecular weight excluding hydrogens is 254 g/mol. The van der Waals surface area contributed by atoms with E-state index in [1.54, 1.807) is 13.0 Å². The number of aromatic nitrogens is 4. The molecule has 8 heteroatoms. The Morgan fingerprint density at radius 1 is 1.56 bits per heavy atom. The molecule has 2 aromatic heterocycles. The molecule has 0 aliphatic heterocycles. The minimum atomic E-state index is -0.230. The van der Waals surface area contributed by atoms with Crippen LogP contribution >= 0.6 is 11.5 Å². The average molecular weight is 265 g/mol. The van der Waals surface area contributed by atoms with Crippen LogP contribution in [-0.4, -0.2) is 31.8 Å². The summed E-state index contributed by atoms with van der Waals surface area (Å²) in [5, 5.41) is 10.3. The molecule has 0 atom stereocenters. The van der Waals surface area contributed by atoms with Crippen molar-refractivity contribution in [2.75, 3.05) is 6.54 Å². The summed E-state index contributed by atoms with van der Waals surface area (Å²) in [5.74, 6) is -0.230. The van der Waals surface area contributed by atoms with Crippen LogP contribution in [0.3, 0.4) is 0 Å². The molecule has 0 spiro atoms. The molecule has 1 N–H and O–H groups in total. The highest BCUT2D eigenvalue weighted by Gasteiger charge is 2.12. The van der Waals surface area contributed by atoms with Crippen LogP contribution in [0.4, 0.5) is 0 Å². The van der Waals surface area contributed by atoms with E-state index in [1.807, 2.05) is 0 Å². The molecule has 0 saturated carbocycles. The Hall–Kier alpha value is -2.09. The number of rotatable bonds is 4. The molecular formula is C10H11N5O2S. The summed E-state index contributed by atoms with van der Waals surface area (Å²) in [6.07, 6.45) is 1.53. The van der Waals surface area contributed by atoms with E-state index < -0.39 is 0 Å². The number of hydrogen-bond acceptors (Lipinski definition) is 6. The molecule has 18 heavy (non-hydrogen) atoms. The molecule has 2 heterocycles. The first kappa shape index (κ1) is 12.4. The molecule has 0 unspecified atom stereocenters. The highest BCUT2D eigenvalue weighted by atomic mass is 32.1. The van der Waals surface area contributed by atoms with Crippen molar-refractivity contribution in [3.8, 4) is 0 Å². The van der Waals surface area contributed by atoms with Gasteiger partial charge in [-0.15, -0.1) is 5.10 Å². The number of carbonyl (C=O) groups excluding carboxylic acids is 1. The van der Waals surface area contributed by atoms with Crippen molar-refractivity contribution in [2.24, 2.45) is 0 Å².